The van der Waals surface area contributed by atoms with E-state index in [0.29, 0.717) is 18.0 Å². The Labute approximate surface area is 110 Å². The van der Waals surface area contributed by atoms with E-state index in [0.717, 1.165) is 30.4 Å². The zero-order chi connectivity index (χ0) is 13.3. The molecule has 2 heterocycles. The second-order valence-electron chi connectivity index (χ2n) is 5.69. The van der Waals surface area contributed by atoms with Gasteiger partial charge in [-0.25, -0.2) is 9.97 Å². The first-order chi connectivity index (χ1) is 8.47. The van der Waals surface area contributed by atoms with Crippen LogP contribution in [0.4, 0.5) is 5.82 Å². The number of nitrogens with zero attached hydrogens (tertiary/aromatic N) is 3. The molecule has 4 nitrogen and oxygen atoms in total. The van der Waals surface area contributed by atoms with Crippen LogP contribution in [0.2, 0.25) is 0 Å². The third-order valence-electron chi connectivity index (χ3n) is 3.43. The van der Waals surface area contributed by atoms with Crippen molar-refractivity contribution in [2.75, 3.05) is 18.0 Å². The number of hydrogen-bond donors (Lipinski definition) is 1. The highest BCUT2D eigenvalue weighted by molar-refractivity contribution is 5.42. The maximum atomic E-state index is 4.73. The molecule has 2 rings (SSSR count). The minimum Gasteiger partial charge on any atom is -0.351 e. The molecule has 18 heavy (non-hydrogen) atoms. The van der Waals surface area contributed by atoms with Gasteiger partial charge in [0.1, 0.15) is 11.6 Å². The molecule has 0 saturated carbocycles. The molecule has 1 aromatic rings. The van der Waals surface area contributed by atoms with Gasteiger partial charge in [-0.05, 0) is 20.8 Å². The van der Waals surface area contributed by atoms with Crippen molar-refractivity contribution < 1.29 is 0 Å². The maximum absolute atomic E-state index is 4.73. The van der Waals surface area contributed by atoms with E-state index >= 15 is 0 Å². The zero-order valence-electron chi connectivity index (χ0n) is 12.1. The Kier molecular flexibility index (Phi) is 3.85. The molecule has 1 saturated heterocycles. The molecule has 0 radical (unpaired) electrons. The van der Waals surface area contributed by atoms with Crippen LogP contribution < -0.4 is 10.2 Å². The summed E-state index contributed by atoms with van der Waals surface area (Å²) in [6.07, 6.45) is 0. The summed E-state index contributed by atoms with van der Waals surface area (Å²) >= 11 is 0. The maximum Gasteiger partial charge on any atom is 0.133 e. The Morgan fingerprint density at radius 2 is 2.06 bits per heavy atom. The number of rotatable bonds is 2. The first kappa shape index (κ1) is 13.3. The van der Waals surface area contributed by atoms with E-state index in [1.165, 1.54) is 0 Å². The van der Waals surface area contributed by atoms with Gasteiger partial charge >= 0.3 is 0 Å². The average Bonchev–Trinajstić information content (AvgIpc) is 2.31. The molecule has 0 aliphatic carbocycles. The fourth-order valence-electron chi connectivity index (χ4n) is 2.32. The molecule has 2 atom stereocenters. The zero-order valence-corrected chi connectivity index (χ0v) is 12.1. The van der Waals surface area contributed by atoms with Crippen LogP contribution >= 0.6 is 0 Å². The van der Waals surface area contributed by atoms with E-state index in [-0.39, 0.29) is 0 Å². The molecule has 4 heteroatoms. The summed E-state index contributed by atoms with van der Waals surface area (Å²) in [4.78, 5) is 11.6. The summed E-state index contributed by atoms with van der Waals surface area (Å²) < 4.78 is 0. The topological polar surface area (TPSA) is 41.0 Å². The molecular formula is C14H24N4. The van der Waals surface area contributed by atoms with Gasteiger partial charge in [-0.1, -0.05) is 13.8 Å². The lowest BCUT2D eigenvalue weighted by Gasteiger charge is -2.38. The van der Waals surface area contributed by atoms with E-state index < -0.39 is 0 Å². The van der Waals surface area contributed by atoms with Crippen molar-refractivity contribution in [3.8, 4) is 0 Å². The SMILES string of the molecule is Cc1cc(N2CC(C)NCC2C)nc(C(C)C)n1. The third-order valence-corrected chi connectivity index (χ3v) is 3.43. The molecular weight excluding hydrogens is 224 g/mol. The largest absolute Gasteiger partial charge is 0.351 e. The van der Waals surface area contributed by atoms with Crippen molar-refractivity contribution >= 4 is 5.82 Å². The summed E-state index contributed by atoms with van der Waals surface area (Å²) in [6.45, 7) is 12.8. The fraction of sp³-hybridized carbons (Fsp3) is 0.714. The van der Waals surface area contributed by atoms with Crippen LogP contribution in [-0.2, 0) is 0 Å². The second-order valence-corrected chi connectivity index (χ2v) is 5.69. The Hall–Kier alpha value is -1.16. The minimum absolute atomic E-state index is 0.374. The Balaban J connectivity index is 2.31. The van der Waals surface area contributed by atoms with Crippen molar-refractivity contribution in [1.29, 1.82) is 0 Å². The standard InChI is InChI=1S/C14H24N4/c1-9(2)14-16-10(3)6-13(17-14)18-8-11(4)15-7-12(18)5/h6,9,11-12,15H,7-8H2,1-5H3. The fourth-order valence-corrected chi connectivity index (χ4v) is 2.32. The van der Waals surface area contributed by atoms with E-state index in [2.05, 4.69) is 49.0 Å². The van der Waals surface area contributed by atoms with Crippen molar-refractivity contribution in [2.24, 2.45) is 0 Å². The molecule has 1 fully saturated rings. The number of aryl methyl sites for hydroxylation is 1. The van der Waals surface area contributed by atoms with Gasteiger partial charge in [0.15, 0.2) is 0 Å². The van der Waals surface area contributed by atoms with Gasteiger partial charge in [-0.15, -0.1) is 0 Å². The molecule has 0 amide bonds. The third kappa shape index (κ3) is 2.80. The molecule has 2 unspecified atom stereocenters. The van der Waals surface area contributed by atoms with Crippen LogP contribution in [0, 0.1) is 6.92 Å². The van der Waals surface area contributed by atoms with Crippen LogP contribution in [0.5, 0.6) is 0 Å². The average molecular weight is 248 g/mol. The van der Waals surface area contributed by atoms with Crippen molar-refractivity contribution in [1.82, 2.24) is 15.3 Å². The minimum atomic E-state index is 0.374. The Morgan fingerprint density at radius 3 is 2.72 bits per heavy atom. The number of hydrogen-bond acceptors (Lipinski definition) is 4. The lowest BCUT2D eigenvalue weighted by Crippen LogP contribution is -2.54. The summed E-state index contributed by atoms with van der Waals surface area (Å²) in [6, 6.07) is 3.09. The summed E-state index contributed by atoms with van der Waals surface area (Å²) in [7, 11) is 0. The van der Waals surface area contributed by atoms with Crippen LogP contribution in [0.25, 0.3) is 0 Å². The van der Waals surface area contributed by atoms with Gasteiger partial charge in [0.25, 0.3) is 0 Å². The highest BCUT2D eigenvalue weighted by atomic mass is 15.3. The smallest absolute Gasteiger partial charge is 0.133 e. The second kappa shape index (κ2) is 5.22. The number of anilines is 1. The highest BCUT2D eigenvalue weighted by Crippen LogP contribution is 2.20. The first-order valence-corrected chi connectivity index (χ1v) is 6.83. The van der Waals surface area contributed by atoms with Crippen LogP contribution in [-0.4, -0.2) is 35.1 Å². The lowest BCUT2D eigenvalue weighted by molar-refractivity contribution is 0.422. The van der Waals surface area contributed by atoms with Gasteiger partial charge < -0.3 is 10.2 Å². The van der Waals surface area contributed by atoms with E-state index in [1.54, 1.807) is 0 Å². The molecule has 100 valence electrons. The first-order valence-electron chi connectivity index (χ1n) is 6.83. The monoisotopic (exact) mass is 248 g/mol. The van der Waals surface area contributed by atoms with Gasteiger partial charge in [-0.2, -0.15) is 0 Å². The van der Waals surface area contributed by atoms with Crippen molar-refractivity contribution in [3.05, 3.63) is 17.6 Å². The van der Waals surface area contributed by atoms with Gasteiger partial charge in [0, 0.05) is 42.9 Å². The summed E-state index contributed by atoms with van der Waals surface area (Å²) in [5, 5.41) is 3.50. The number of piperazine rings is 1. The van der Waals surface area contributed by atoms with Crippen LogP contribution in [0.15, 0.2) is 6.07 Å². The Morgan fingerprint density at radius 1 is 1.33 bits per heavy atom. The van der Waals surface area contributed by atoms with E-state index in [1.807, 2.05) is 6.92 Å². The van der Waals surface area contributed by atoms with Crippen molar-refractivity contribution in [3.63, 3.8) is 0 Å². The molecule has 1 N–H and O–H groups in total. The van der Waals surface area contributed by atoms with Gasteiger partial charge in [0.05, 0.1) is 0 Å². The van der Waals surface area contributed by atoms with Gasteiger partial charge in [0.2, 0.25) is 0 Å². The molecule has 1 aliphatic heterocycles. The van der Waals surface area contributed by atoms with Crippen LogP contribution in [0.3, 0.4) is 0 Å². The molecule has 0 spiro atoms. The predicted octanol–water partition coefficient (Wildman–Crippen LogP) is 2.10. The quantitative estimate of drug-likeness (QED) is 0.870. The Bertz CT molecular complexity index is 416. The van der Waals surface area contributed by atoms with Gasteiger partial charge in [-0.3, -0.25) is 0 Å². The normalized spacial score (nSPS) is 24.7. The van der Waals surface area contributed by atoms with Crippen LogP contribution in [0.1, 0.15) is 45.1 Å². The highest BCUT2D eigenvalue weighted by Gasteiger charge is 2.24. The summed E-state index contributed by atoms with van der Waals surface area (Å²) in [5.74, 6) is 2.40. The van der Waals surface area contributed by atoms with E-state index in [9.17, 15) is 0 Å². The number of nitrogens with one attached hydrogen (secondary N) is 1. The number of aromatic nitrogens is 2. The lowest BCUT2D eigenvalue weighted by atomic mass is 10.1. The molecule has 1 aromatic heterocycles. The molecule has 0 bridgehead atoms. The van der Waals surface area contributed by atoms with Crippen molar-refractivity contribution in [2.45, 2.75) is 52.6 Å². The van der Waals surface area contributed by atoms with E-state index in [4.69, 9.17) is 4.98 Å². The molecule has 0 aromatic carbocycles. The predicted molar refractivity (Wildman–Crippen MR) is 75.1 cm³/mol. The molecule has 1 aliphatic rings. The summed E-state index contributed by atoms with van der Waals surface area (Å²) in [5.41, 5.74) is 1.06.